The molecule has 1 unspecified atom stereocenters. The van der Waals surface area contributed by atoms with Crippen LogP contribution in [-0.4, -0.2) is 43.1 Å². The molecule has 3 atom stereocenters. The van der Waals surface area contributed by atoms with Crippen LogP contribution in [0.25, 0.3) is 6.08 Å². The Kier molecular flexibility index (Phi) is 11.1. The molecule has 3 aromatic rings. The number of benzene rings is 3. The predicted molar refractivity (Wildman–Crippen MR) is 151 cm³/mol. The average Bonchev–Trinajstić information content (AvgIpc) is 2.95. The number of ether oxygens (including phenoxy) is 4. The van der Waals surface area contributed by atoms with Gasteiger partial charge in [0.25, 0.3) is 0 Å². The fourth-order valence-electron chi connectivity index (χ4n) is 4.76. The van der Waals surface area contributed by atoms with Crippen molar-refractivity contribution in [3.63, 3.8) is 0 Å². The van der Waals surface area contributed by atoms with Crippen molar-refractivity contribution in [2.75, 3.05) is 13.7 Å². The van der Waals surface area contributed by atoms with Crippen LogP contribution in [0, 0.1) is 0 Å². The first-order valence-electron chi connectivity index (χ1n) is 13.6. The maximum atomic E-state index is 13.3. The van der Waals surface area contributed by atoms with Crippen LogP contribution in [0.4, 0.5) is 0 Å². The molecule has 3 aromatic carbocycles. The lowest BCUT2D eigenvalue weighted by molar-refractivity contribution is -0.0188. The van der Waals surface area contributed by atoms with Gasteiger partial charge >= 0.3 is 5.97 Å². The summed E-state index contributed by atoms with van der Waals surface area (Å²) in [6.07, 6.45) is 5.20. The number of methoxy groups -OCH3 is 1. The van der Waals surface area contributed by atoms with E-state index in [0.717, 1.165) is 16.7 Å². The van der Waals surface area contributed by atoms with Crippen LogP contribution in [0.2, 0.25) is 0 Å². The van der Waals surface area contributed by atoms with E-state index in [-0.39, 0.29) is 6.10 Å². The Balaban J connectivity index is 1.46. The summed E-state index contributed by atoms with van der Waals surface area (Å²) in [5.41, 5.74) is 3.31. The minimum atomic E-state index is -0.682. The van der Waals surface area contributed by atoms with Gasteiger partial charge in [0.05, 0.1) is 32.5 Å². The third kappa shape index (κ3) is 9.06. The van der Waals surface area contributed by atoms with E-state index in [0.29, 0.717) is 63.2 Å². The smallest absolute Gasteiger partial charge is 0.342 e. The van der Waals surface area contributed by atoms with Crippen LogP contribution in [-0.2, 0) is 27.4 Å². The Morgan fingerprint density at radius 1 is 0.897 bits per heavy atom. The van der Waals surface area contributed by atoms with Gasteiger partial charge in [-0.1, -0.05) is 84.9 Å². The maximum absolute atomic E-state index is 13.3. The molecular formula is C33H38O6. The number of hydrogen-bond donors (Lipinski definition) is 1. The van der Waals surface area contributed by atoms with Gasteiger partial charge < -0.3 is 24.1 Å². The van der Waals surface area contributed by atoms with E-state index in [9.17, 15) is 9.90 Å². The molecular weight excluding hydrogens is 492 g/mol. The zero-order chi connectivity index (χ0) is 27.3. The summed E-state index contributed by atoms with van der Waals surface area (Å²) in [5.74, 6) is 0.00790. The number of fused-ring (bicyclic) bond motifs is 1. The summed E-state index contributed by atoms with van der Waals surface area (Å²) in [4.78, 5) is 13.3. The summed E-state index contributed by atoms with van der Waals surface area (Å²) >= 11 is 0. The molecule has 39 heavy (non-hydrogen) atoms. The molecule has 0 bridgehead atoms. The van der Waals surface area contributed by atoms with Crippen molar-refractivity contribution in [1.82, 2.24) is 0 Å². The fourth-order valence-corrected chi connectivity index (χ4v) is 4.76. The molecule has 0 aliphatic carbocycles. The van der Waals surface area contributed by atoms with Crippen molar-refractivity contribution in [3.05, 3.63) is 107 Å². The van der Waals surface area contributed by atoms with Crippen molar-refractivity contribution in [3.8, 4) is 5.75 Å². The van der Waals surface area contributed by atoms with Gasteiger partial charge in [-0.15, -0.1) is 0 Å². The fraction of sp³-hybridized carbons (Fsp3) is 0.364. The second-order valence-corrected chi connectivity index (χ2v) is 9.81. The minimum absolute atomic E-state index is 0.185. The van der Waals surface area contributed by atoms with Crippen LogP contribution in [0.1, 0.15) is 59.2 Å². The van der Waals surface area contributed by atoms with E-state index in [4.69, 9.17) is 18.9 Å². The second kappa shape index (κ2) is 15.2. The number of carbonyl (C=O) groups is 1. The van der Waals surface area contributed by atoms with Crippen LogP contribution >= 0.6 is 0 Å². The predicted octanol–water partition coefficient (Wildman–Crippen LogP) is 6.36. The highest BCUT2D eigenvalue weighted by atomic mass is 16.5. The van der Waals surface area contributed by atoms with Crippen molar-refractivity contribution in [1.29, 1.82) is 0 Å². The lowest BCUT2D eigenvalue weighted by Crippen LogP contribution is -2.28. The number of rotatable bonds is 10. The quantitative estimate of drug-likeness (QED) is 0.243. The van der Waals surface area contributed by atoms with Gasteiger partial charge in [-0.25, -0.2) is 4.79 Å². The van der Waals surface area contributed by atoms with Gasteiger partial charge in [0.15, 0.2) is 0 Å². The first kappa shape index (κ1) is 28.6. The summed E-state index contributed by atoms with van der Waals surface area (Å²) in [6, 6.07) is 25.5. The van der Waals surface area contributed by atoms with E-state index in [1.165, 1.54) is 0 Å². The Morgan fingerprint density at radius 2 is 1.62 bits per heavy atom. The number of esters is 1. The molecule has 6 heteroatoms. The molecule has 4 rings (SSSR count). The molecule has 0 amide bonds. The van der Waals surface area contributed by atoms with E-state index in [1.54, 1.807) is 13.2 Å². The number of carbonyl (C=O) groups excluding carboxylic acids is 1. The molecule has 0 radical (unpaired) electrons. The molecule has 6 nitrogen and oxygen atoms in total. The molecule has 0 spiro atoms. The largest absolute Gasteiger partial charge is 0.496 e. The number of cyclic esters (lactones) is 1. The molecule has 0 aromatic heterocycles. The molecule has 0 saturated heterocycles. The number of hydrogen-bond acceptors (Lipinski definition) is 6. The van der Waals surface area contributed by atoms with Crippen LogP contribution in [0.5, 0.6) is 5.75 Å². The second-order valence-electron chi connectivity index (χ2n) is 9.81. The first-order valence-corrected chi connectivity index (χ1v) is 13.6. The minimum Gasteiger partial charge on any atom is -0.496 e. The van der Waals surface area contributed by atoms with Crippen molar-refractivity contribution < 1.29 is 28.8 Å². The highest BCUT2D eigenvalue weighted by Crippen LogP contribution is 2.28. The molecule has 1 N–H and O–H groups in total. The van der Waals surface area contributed by atoms with Gasteiger partial charge in [-0.3, -0.25) is 0 Å². The molecule has 0 saturated carbocycles. The van der Waals surface area contributed by atoms with Gasteiger partial charge in [0.1, 0.15) is 17.4 Å². The van der Waals surface area contributed by atoms with Crippen LogP contribution in [0.3, 0.4) is 0 Å². The Labute approximate surface area is 231 Å². The normalized spacial score (nSPS) is 20.7. The Morgan fingerprint density at radius 3 is 2.33 bits per heavy atom. The Bertz CT molecular complexity index is 1180. The summed E-state index contributed by atoms with van der Waals surface area (Å²) in [5, 5.41) is 11.0. The van der Waals surface area contributed by atoms with Crippen molar-refractivity contribution in [2.24, 2.45) is 0 Å². The SMILES string of the molecule is COc1cccc2c1C(=O)O[C@@H](CCCOCc1ccccc1)CC(O)C[C@H](OCc1ccccc1)C/C=C/2. The number of aliphatic hydroxyl groups is 1. The third-order valence-electron chi connectivity index (χ3n) is 6.78. The van der Waals surface area contributed by atoms with Gasteiger partial charge in [0.2, 0.25) is 0 Å². The molecule has 206 valence electrons. The molecule has 0 fully saturated rings. The van der Waals surface area contributed by atoms with Crippen molar-refractivity contribution >= 4 is 12.0 Å². The standard InChI is InChI=1S/C33H38O6/c1-36-31-19-9-16-27-15-8-17-29(38-24-26-13-6-3-7-14-26)21-28(34)22-30(39-33(35)32(27)31)18-10-20-37-23-25-11-4-2-5-12-25/h2-9,11-16,19,28-30,34H,10,17-18,20-24H2,1H3/b15-8+/t28?,29-,30+/m1/s1. The van der Waals surface area contributed by atoms with Gasteiger partial charge in [-0.05, 0) is 48.4 Å². The topological polar surface area (TPSA) is 74.2 Å². The number of aliphatic hydroxyl groups excluding tert-OH is 1. The molecule has 1 aliphatic rings. The zero-order valence-electron chi connectivity index (χ0n) is 22.5. The average molecular weight is 531 g/mol. The highest BCUT2D eigenvalue weighted by molar-refractivity contribution is 5.96. The van der Waals surface area contributed by atoms with E-state index >= 15 is 0 Å². The molecule has 1 heterocycles. The van der Waals surface area contributed by atoms with Crippen molar-refractivity contribution in [2.45, 2.75) is 63.6 Å². The zero-order valence-corrected chi connectivity index (χ0v) is 22.5. The molecule has 1 aliphatic heterocycles. The third-order valence-corrected chi connectivity index (χ3v) is 6.78. The highest BCUT2D eigenvalue weighted by Gasteiger charge is 2.26. The summed E-state index contributed by atoms with van der Waals surface area (Å²) < 4.78 is 23.5. The lowest BCUT2D eigenvalue weighted by atomic mass is 9.98. The summed E-state index contributed by atoms with van der Waals surface area (Å²) in [6.45, 7) is 1.53. The monoisotopic (exact) mass is 530 g/mol. The Hall–Kier alpha value is -3.45. The van der Waals surface area contributed by atoms with Gasteiger partial charge in [0, 0.05) is 13.0 Å². The van der Waals surface area contributed by atoms with E-state index in [1.807, 2.05) is 84.9 Å². The van der Waals surface area contributed by atoms with E-state index < -0.39 is 18.2 Å². The van der Waals surface area contributed by atoms with Crippen LogP contribution in [0.15, 0.2) is 84.9 Å². The van der Waals surface area contributed by atoms with E-state index in [2.05, 4.69) is 0 Å². The van der Waals surface area contributed by atoms with Gasteiger partial charge in [-0.2, -0.15) is 0 Å². The summed E-state index contributed by atoms with van der Waals surface area (Å²) in [7, 11) is 1.54. The maximum Gasteiger partial charge on any atom is 0.342 e. The van der Waals surface area contributed by atoms with Crippen LogP contribution < -0.4 is 4.74 Å². The lowest BCUT2D eigenvalue weighted by Gasteiger charge is -2.25. The first-order chi connectivity index (χ1) is 19.1.